The van der Waals surface area contributed by atoms with Gasteiger partial charge in [-0.25, -0.2) is 0 Å². The maximum atomic E-state index is 11.1. The van der Waals surface area contributed by atoms with Gasteiger partial charge in [-0.2, -0.15) is 0 Å². The summed E-state index contributed by atoms with van der Waals surface area (Å²) in [5.74, 6) is -1.50. The molecular formula is C20H30O4. The van der Waals surface area contributed by atoms with Crippen LogP contribution in [-0.2, 0) is 22.4 Å². The van der Waals surface area contributed by atoms with Crippen LogP contribution in [0.3, 0.4) is 0 Å². The average Bonchev–Trinajstić information content (AvgIpc) is 2.48. The molecule has 134 valence electrons. The van der Waals surface area contributed by atoms with Crippen molar-refractivity contribution >= 4 is 11.9 Å². The Morgan fingerprint density at radius 1 is 0.750 bits per heavy atom. The lowest BCUT2D eigenvalue weighted by atomic mass is 9.86. The minimum atomic E-state index is -0.748. The van der Waals surface area contributed by atoms with Gasteiger partial charge in [0.2, 0.25) is 0 Å². The molecule has 0 radical (unpaired) electrons. The lowest BCUT2D eigenvalue weighted by molar-refractivity contribution is -0.148. The number of hydrogen-bond acceptors (Lipinski definition) is 2. The standard InChI is InChI=1S/C20H30O4/c1-19(2,17(21)22)13-5-7-15-9-11-16(12-10-15)8-6-14-20(3,4)18(23)24/h9-12H,5-8,13-14H2,1-4H3,(H,21,22)(H,23,24). The minimum absolute atomic E-state index is 0.661. The topological polar surface area (TPSA) is 74.6 Å². The first-order valence-electron chi connectivity index (χ1n) is 8.59. The average molecular weight is 334 g/mol. The molecule has 0 saturated heterocycles. The lowest BCUT2D eigenvalue weighted by Gasteiger charge is -2.19. The highest BCUT2D eigenvalue weighted by atomic mass is 16.4. The van der Waals surface area contributed by atoms with E-state index in [0.29, 0.717) is 12.8 Å². The quantitative estimate of drug-likeness (QED) is 0.658. The number of aliphatic carboxylic acids is 2. The SMILES string of the molecule is CC(C)(CCCc1ccc(CCCC(C)(C)C(=O)O)cc1)C(=O)O. The number of benzene rings is 1. The number of rotatable bonds is 10. The van der Waals surface area contributed by atoms with Gasteiger partial charge in [-0.15, -0.1) is 0 Å². The Balaban J connectivity index is 2.41. The van der Waals surface area contributed by atoms with Gasteiger partial charge in [0.25, 0.3) is 0 Å². The summed E-state index contributed by atoms with van der Waals surface area (Å²) < 4.78 is 0. The summed E-state index contributed by atoms with van der Waals surface area (Å²) in [5, 5.41) is 18.2. The molecule has 24 heavy (non-hydrogen) atoms. The molecule has 0 aliphatic carbocycles. The van der Waals surface area contributed by atoms with Crippen LogP contribution in [0.25, 0.3) is 0 Å². The number of aryl methyl sites for hydroxylation is 2. The van der Waals surface area contributed by atoms with Gasteiger partial charge in [-0.05, 0) is 77.3 Å². The molecule has 0 saturated carbocycles. The molecular weight excluding hydrogens is 304 g/mol. The van der Waals surface area contributed by atoms with Gasteiger partial charge in [0.1, 0.15) is 0 Å². The molecule has 0 amide bonds. The zero-order chi connectivity index (χ0) is 18.4. The Morgan fingerprint density at radius 2 is 1.04 bits per heavy atom. The van der Waals surface area contributed by atoms with E-state index in [1.54, 1.807) is 27.7 Å². The molecule has 0 spiro atoms. The van der Waals surface area contributed by atoms with Crippen LogP contribution in [0.1, 0.15) is 64.5 Å². The summed E-state index contributed by atoms with van der Waals surface area (Å²) in [6.45, 7) is 7.04. The molecule has 4 nitrogen and oxygen atoms in total. The van der Waals surface area contributed by atoms with Crippen molar-refractivity contribution in [2.75, 3.05) is 0 Å². The third-order valence-corrected chi connectivity index (χ3v) is 4.72. The second-order valence-electron chi connectivity index (χ2n) is 7.90. The molecule has 1 aromatic rings. The van der Waals surface area contributed by atoms with Crippen molar-refractivity contribution < 1.29 is 19.8 Å². The second kappa shape index (κ2) is 8.32. The third-order valence-electron chi connectivity index (χ3n) is 4.72. The van der Waals surface area contributed by atoms with Crippen LogP contribution in [0.2, 0.25) is 0 Å². The van der Waals surface area contributed by atoms with Crippen LogP contribution in [-0.4, -0.2) is 22.2 Å². The molecule has 0 atom stereocenters. The largest absolute Gasteiger partial charge is 0.481 e. The van der Waals surface area contributed by atoms with Crippen LogP contribution >= 0.6 is 0 Å². The van der Waals surface area contributed by atoms with Crippen molar-refractivity contribution in [2.24, 2.45) is 10.8 Å². The van der Waals surface area contributed by atoms with Gasteiger partial charge in [0.05, 0.1) is 10.8 Å². The van der Waals surface area contributed by atoms with Crippen LogP contribution in [0.15, 0.2) is 24.3 Å². The van der Waals surface area contributed by atoms with Crippen molar-refractivity contribution in [3.8, 4) is 0 Å². The van der Waals surface area contributed by atoms with Gasteiger partial charge in [-0.1, -0.05) is 24.3 Å². The Kier molecular flexibility index (Phi) is 7.00. The van der Waals surface area contributed by atoms with Crippen LogP contribution < -0.4 is 0 Å². The van der Waals surface area contributed by atoms with Crippen molar-refractivity contribution in [3.63, 3.8) is 0 Å². The summed E-state index contributed by atoms with van der Waals surface area (Å²) in [7, 11) is 0. The van der Waals surface area contributed by atoms with Gasteiger partial charge in [0.15, 0.2) is 0 Å². The Labute approximate surface area is 144 Å². The maximum Gasteiger partial charge on any atom is 0.309 e. The molecule has 0 bridgehead atoms. The summed E-state index contributed by atoms with van der Waals surface area (Å²) in [5.41, 5.74) is 1.09. The summed E-state index contributed by atoms with van der Waals surface area (Å²) >= 11 is 0. The molecule has 2 N–H and O–H groups in total. The molecule has 1 aromatic carbocycles. The molecule has 0 unspecified atom stereocenters. The van der Waals surface area contributed by atoms with E-state index in [0.717, 1.165) is 25.7 Å². The highest BCUT2D eigenvalue weighted by Crippen LogP contribution is 2.25. The van der Waals surface area contributed by atoms with Gasteiger partial charge in [0, 0.05) is 0 Å². The van der Waals surface area contributed by atoms with Gasteiger partial charge >= 0.3 is 11.9 Å². The Bertz CT molecular complexity index is 505. The Hall–Kier alpha value is -1.84. The van der Waals surface area contributed by atoms with E-state index in [4.69, 9.17) is 10.2 Å². The van der Waals surface area contributed by atoms with E-state index >= 15 is 0 Å². The van der Waals surface area contributed by atoms with E-state index in [1.807, 2.05) is 0 Å². The van der Waals surface area contributed by atoms with Crippen molar-refractivity contribution in [1.82, 2.24) is 0 Å². The summed E-state index contributed by atoms with van der Waals surface area (Å²) in [6.07, 6.45) is 4.78. The summed E-state index contributed by atoms with van der Waals surface area (Å²) in [6, 6.07) is 8.35. The maximum absolute atomic E-state index is 11.1. The minimum Gasteiger partial charge on any atom is -0.481 e. The third kappa shape index (κ3) is 6.34. The smallest absolute Gasteiger partial charge is 0.309 e. The Morgan fingerprint density at radius 3 is 1.29 bits per heavy atom. The monoisotopic (exact) mass is 334 g/mol. The number of carboxylic acid groups (broad SMARTS) is 2. The molecule has 0 heterocycles. The molecule has 0 aliphatic heterocycles. The van der Waals surface area contributed by atoms with E-state index in [9.17, 15) is 9.59 Å². The fourth-order valence-electron chi connectivity index (χ4n) is 2.56. The fraction of sp³-hybridized carbons (Fsp3) is 0.600. The van der Waals surface area contributed by atoms with E-state index in [-0.39, 0.29) is 0 Å². The predicted molar refractivity (Wildman–Crippen MR) is 95.2 cm³/mol. The lowest BCUT2D eigenvalue weighted by Crippen LogP contribution is -2.23. The molecule has 0 aliphatic rings. The van der Waals surface area contributed by atoms with Crippen LogP contribution in [0.4, 0.5) is 0 Å². The molecule has 0 fully saturated rings. The van der Waals surface area contributed by atoms with Crippen LogP contribution in [0, 0.1) is 10.8 Å². The van der Waals surface area contributed by atoms with Gasteiger partial charge in [-0.3, -0.25) is 9.59 Å². The first kappa shape index (κ1) is 20.2. The fourth-order valence-corrected chi connectivity index (χ4v) is 2.56. The van der Waals surface area contributed by atoms with Crippen LogP contribution in [0.5, 0.6) is 0 Å². The zero-order valence-electron chi connectivity index (χ0n) is 15.3. The van der Waals surface area contributed by atoms with Crippen molar-refractivity contribution in [1.29, 1.82) is 0 Å². The number of carbonyl (C=O) groups is 2. The van der Waals surface area contributed by atoms with E-state index in [1.165, 1.54) is 11.1 Å². The van der Waals surface area contributed by atoms with Crippen molar-refractivity contribution in [2.45, 2.75) is 66.2 Å². The summed E-state index contributed by atoms with van der Waals surface area (Å²) in [4.78, 5) is 22.2. The number of carboxylic acids is 2. The molecule has 0 aromatic heterocycles. The number of hydrogen-bond donors (Lipinski definition) is 2. The zero-order valence-corrected chi connectivity index (χ0v) is 15.3. The molecule has 4 heteroatoms. The first-order valence-corrected chi connectivity index (χ1v) is 8.59. The second-order valence-corrected chi connectivity index (χ2v) is 7.90. The van der Waals surface area contributed by atoms with Crippen molar-refractivity contribution in [3.05, 3.63) is 35.4 Å². The van der Waals surface area contributed by atoms with E-state index in [2.05, 4.69) is 24.3 Å². The predicted octanol–water partition coefficient (Wildman–Crippen LogP) is 4.55. The normalized spacial score (nSPS) is 12.2. The highest BCUT2D eigenvalue weighted by Gasteiger charge is 2.26. The highest BCUT2D eigenvalue weighted by molar-refractivity contribution is 5.73. The van der Waals surface area contributed by atoms with E-state index < -0.39 is 22.8 Å². The molecule has 1 rings (SSSR count). The van der Waals surface area contributed by atoms with Gasteiger partial charge < -0.3 is 10.2 Å². The first-order chi connectivity index (χ1) is 11.0.